The van der Waals surface area contributed by atoms with Crippen molar-refractivity contribution in [3.8, 4) is 0 Å². The normalized spacial score (nSPS) is 23.1. The lowest BCUT2D eigenvalue weighted by Crippen LogP contribution is -2.40. The summed E-state index contributed by atoms with van der Waals surface area (Å²) in [4.78, 5) is 0. The topological polar surface area (TPSA) is 58.9 Å². The zero-order chi connectivity index (χ0) is 19.0. The largest absolute Gasteiger partial charge is 0.368 e. The molecular formula is C22H44O4. The van der Waals surface area contributed by atoms with Crippen LogP contribution >= 0.6 is 0 Å². The third kappa shape index (κ3) is 10.2. The first-order chi connectivity index (χ1) is 12.7. The number of unbranched alkanes of at least 4 members (excludes halogenated alkanes) is 8. The number of ether oxygens (including phenoxy) is 2. The van der Waals surface area contributed by atoms with Crippen molar-refractivity contribution >= 4 is 0 Å². The summed E-state index contributed by atoms with van der Waals surface area (Å²) in [5, 5.41) is 21.0. The smallest absolute Gasteiger partial charge is 0.157 e. The molecule has 0 aromatic rings. The van der Waals surface area contributed by atoms with Crippen LogP contribution in [0.3, 0.4) is 0 Å². The predicted molar refractivity (Wildman–Crippen MR) is 107 cm³/mol. The lowest BCUT2D eigenvalue weighted by Gasteiger charge is -2.37. The van der Waals surface area contributed by atoms with Gasteiger partial charge < -0.3 is 19.7 Å². The van der Waals surface area contributed by atoms with E-state index in [0.717, 1.165) is 38.5 Å². The van der Waals surface area contributed by atoms with Gasteiger partial charge in [0, 0.05) is 25.0 Å². The lowest BCUT2D eigenvalue weighted by molar-refractivity contribution is -0.207. The van der Waals surface area contributed by atoms with Crippen molar-refractivity contribution in [3.05, 3.63) is 0 Å². The summed E-state index contributed by atoms with van der Waals surface area (Å²) in [6.07, 6.45) is 14.3. The van der Waals surface area contributed by atoms with Gasteiger partial charge in [-0.25, -0.2) is 0 Å². The van der Waals surface area contributed by atoms with E-state index in [0.29, 0.717) is 13.2 Å². The summed E-state index contributed by atoms with van der Waals surface area (Å²) in [6.45, 7) is 5.65. The summed E-state index contributed by atoms with van der Waals surface area (Å²) in [6, 6.07) is 0. The van der Waals surface area contributed by atoms with E-state index in [4.69, 9.17) is 9.47 Å². The number of hydrogen-bond acceptors (Lipinski definition) is 4. The summed E-state index contributed by atoms with van der Waals surface area (Å²) >= 11 is 0. The SMILES string of the molecule is CCCCCCCOC(O)C1CCCCC1C(O)OCCCCCCC. The number of aliphatic hydroxyl groups excluding tert-OH is 2. The van der Waals surface area contributed by atoms with E-state index in [9.17, 15) is 10.2 Å². The van der Waals surface area contributed by atoms with Crippen molar-refractivity contribution in [1.29, 1.82) is 0 Å². The quantitative estimate of drug-likeness (QED) is 0.281. The third-order valence-electron chi connectivity index (χ3n) is 5.68. The minimum Gasteiger partial charge on any atom is -0.368 e. The molecule has 0 aromatic heterocycles. The van der Waals surface area contributed by atoms with Crippen LogP contribution in [0.25, 0.3) is 0 Å². The van der Waals surface area contributed by atoms with Gasteiger partial charge in [0.1, 0.15) is 0 Å². The highest BCUT2D eigenvalue weighted by atomic mass is 16.6. The monoisotopic (exact) mass is 372 g/mol. The van der Waals surface area contributed by atoms with E-state index >= 15 is 0 Å². The standard InChI is InChI=1S/C22H44O4/c1-3-5-7-9-13-17-25-21(23)19-15-11-12-16-20(19)22(24)26-18-14-10-8-6-4-2/h19-24H,3-18H2,1-2H3. The summed E-state index contributed by atoms with van der Waals surface area (Å²) in [5.41, 5.74) is 0. The second-order valence-corrected chi connectivity index (χ2v) is 7.96. The first kappa shape index (κ1) is 23.9. The zero-order valence-electron chi connectivity index (χ0n) is 17.3. The molecular weight excluding hydrogens is 328 g/mol. The molecule has 4 nitrogen and oxygen atoms in total. The summed E-state index contributed by atoms with van der Waals surface area (Å²) in [5.74, 6) is -0.0102. The molecule has 0 aliphatic heterocycles. The van der Waals surface area contributed by atoms with Gasteiger partial charge in [0.15, 0.2) is 12.6 Å². The Hall–Kier alpha value is -0.160. The highest BCUT2D eigenvalue weighted by molar-refractivity contribution is 4.79. The summed E-state index contributed by atoms with van der Waals surface area (Å²) in [7, 11) is 0. The van der Waals surface area contributed by atoms with Crippen molar-refractivity contribution < 1.29 is 19.7 Å². The maximum absolute atomic E-state index is 10.5. The Kier molecular flexibility index (Phi) is 14.6. The molecule has 1 fully saturated rings. The van der Waals surface area contributed by atoms with Crippen molar-refractivity contribution in [2.45, 2.75) is 116 Å². The Morgan fingerprint density at radius 1 is 0.654 bits per heavy atom. The molecule has 1 aliphatic rings. The van der Waals surface area contributed by atoms with Crippen molar-refractivity contribution in [2.75, 3.05) is 13.2 Å². The van der Waals surface area contributed by atoms with Crippen LogP contribution in [0.4, 0.5) is 0 Å². The van der Waals surface area contributed by atoms with Gasteiger partial charge in [-0.2, -0.15) is 0 Å². The average Bonchev–Trinajstić information content (AvgIpc) is 2.67. The first-order valence-electron chi connectivity index (χ1n) is 11.3. The van der Waals surface area contributed by atoms with Crippen LogP contribution in [-0.4, -0.2) is 36.0 Å². The molecule has 0 spiro atoms. The van der Waals surface area contributed by atoms with E-state index in [1.54, 1.807) is 0 Å². The van der Waals surface area contributed by atoms with Crippen molar-refractivity contribution in [3.63, 3.8) is 0 Å². The fraction of sp³-hybridized carbons (Fsp3) is 1.00. The van der Waals surface area contributed by atoms with Gasteiger partial charge >= 0.3 is 0 Å². The highest BCUT2D eigenvalue weighted by Gasteiger charge is 2.36. The fourth-order valence-electron chi connectivity index (χ4n) is 3.96. The minimum absolute atomic E-state index is 0.00511. The summed E-state index contributed by atoms with van der Waals surface area (Å²) < 4.78 is 11.4. The molecule has 1 aliphatic carbocycles. The Labute approximate surface area is 161 Å². The molecule has 0 amide bonds. The van der Waals surface area contributed by atoms with Gasteiger partial charge in [0.25, 0.3) is 0 Å². The molecule has 4 heteroatoms. The van der Waals surface area contributed by atoms with Crippen LogP contribution in [0.5, 0.6) is 0 Å². The lowest BCUT2D eigenvalue weighted by atomic mass is 9.78. The van der Waals surface area contributed by atoms with E-state index in [1.807, 2.05) is 0 Å². The van der Waals surface area contributed by atoms with Gasteiger partial charge in [-0.05, 0) is 25.7 Å². The zero-order valence-corrected chi connectivity index (χ0v) is 17.3. The van der Waals surface area contributed by atoms with Crippen LogP contribution in [0, 0.1) is 11.8 Å². The Morgan fingerprint density at radius 2 is 1.04 bits per heavy atom. The number of aliphatic hydroxyl groups is 2. The first-order valence-corrected chi connectivity index (χ1v) is 11.3. The van der Waals surface area contributed by atoms with Crippen LogP contribution in [0.2, 0.25) is 0 Å². The van der Waals surface area contributed by atoms with E-state index < -0.39 is 12.6 Å². The second kappa shape index (κ2) is 15.9. The number of rotatable bonds is 16. The van der Waals surface area contributed by atoms with E-state index in [-0.39, 0.29) is 11.8 Å². The molecule has 0 radical (unpaired) electrons. The van der Waals surface area contributed by atoms with Gasteiger partial charge in [-0.15, -0.1) is 0 Å². The van der Waals surface area contributed by atoms with Crippen LogP contribution in [0.15, 0.2) is 0 Å². The van der Waals surface area contributed by atoms with Crippen LogP contribution in [-0.2, 0) is 9.47 Å². The molecule has 0 aromatic carbocycles. The molecule has 26 heavy (non-hydrogen) atoms. The van der Waals surface area contributed by atoms with E-state index in [2.05, 4.69) is 13.8 Å². The van der Waals surface area contributed by atoms with E-state index in [1.165, 1.54) is 51.4 Å². The number of hydrogen-bond donors (Lipinski definition) is 2. The molecule has 0 bridgehead atoms. The van der Waals surface area contributed by atoms with Gasteiger partial charge in [-0.1, -0.05) is 78.1 Å². The maximum atomic E-state index is 10.5. The molecule has 1 saturated carbocycles. The molecule has 1 rings (SSSR count). The van der Waals surface area contributed by atoms with Crippen LogP contribution < -0.4 is 0 Å². The Balaban J connectivity index is 2.26. The second-order valence-electron chi connectivity index (χ2n) is 7.96. The average molecular weight is 373 g/mol. The molecule has 0 saturated heterocycles. The van der Waals surface area contributed by atoms with Crippen molar-refractivity contribution in [2.24, 2.45) is 11.8 Å². The van der Waals surface area contributed by atoms with Crippen LogP contribution in [0.1, 0.15) is 104 Å². The maximum Gasteiger partial charge on any atom is 0.157 e. The third-order valence-corrected chi connectivity index (χ3v) is 5.68. The predicted octanol–water partition coefficient (Wildman–Crippen LogP) is 5.40. The Bertz CT molecular complexity index is 281. The van der Waals surface area contributed by atoms with Gasteiger partial charge in [-0.3, -0.25) is 0 Å². The van der Waals surface area contributed by atoms with Crippen molar-refractivity contribution in [1.82, 2.24) is 0 Å². The molecule has 4 unspecified atom stereocenters. The minimum atomic E-state index is -0.769. The molecule has 4 atom stereocenters. The molecule has 2 N–H and O–H groups in total. The van der Waals surface area contributed by atoms with Gasteiger partial charge in [0.2, 0.25) is 0 Å². The highest BCUT2D eigenvalue weighted by Crippen LogP contribution is 2.35. The molecule has 0 heterocycles. The van der Waals surface area contributed by atoms with Gasteiger partial charge in [0.05, 0.1) is 0 Å². The Morgan fingerprint density at radius 3 is 1.42 bits per heavy atom. The fourth-order valence-corrected chi connectivity index (χ4v) is 3.96. The molecule has 156 valence electrons.